The second kappa shape index (κ2) is 8.58. The second-order valence-corrected chi connectivity index (χ2v) is 9.61. The Balaban J connectivity index is 1.88. The number of halogens is 3. The van der Waals surface area contributed by atoms with E-state index < -0.39 is 28.8 Å². The smallest absolute Gasteiger partial charge is 0.348 e. The van der Waals surface area contributed by atoms with E-state index in [0.717, 1.165) is 31.2 Å². The summed E-state index contributed by atoms with van der Waals surface area (Å²) < 4.78 is 68.2. The molecule has 174 valence electrons. The number of imidazole rings is 1. The van der Waals surface area contributed by atoms with Gasteiger partial charge in [-0.25, -0.2) is 8.96 Å². The molecular weight excluding hydrogens is 447 g/mol. The van der Waals surface area contributed by atoms with Crippen molar-refractivity contribution in [2.75, 3.05) is 20.6 Å². The molecule has 0 unspecified atom stereocenters. The van der Waals surface area contributed by atoms with Crippen molar-refractivity contribution in [2.24, 2.45) is 7.05 Å². The van der Waals surface area contributed by atoms with E-state index in [9.17, 15) is 26.4 Å². The van der Waals surface area contributed by atoms with Gasteiger partial charge in [0.15, 0.2) is 0 Å². The van der Waals surface area contributed by atoms with E-state index >= 15 is 0 Å². The quantitative estimate of drug-likeness (QED) is 0.530. The van der Waals surface area contributed by atoms with Gasteiger partial charge in [-0.1, -0.05) is 18.2 Å². The first-order valence-electron chi connectivity index (χ1n) is 9.69. The topological polar surface area (TPSA) is 80.4 Å². The van der Waals surface area contributed by atoms with E-state index in [2.05, 4.69) is 4.98 Å². The number of amides is 1. The van der Waals surface area contributed by atoms with Crippen LogP contribution in [-0.4, -0.2) is 63.9 Å². The van der Waals surface area contributed by atoms with Crippen LogP contribution in [-0.2, 0) is 35.0 Å². The Bertz CT molecular complexity index is 1250. The molecule has 3 rings (SSSR count). The number of nitrogens with zero attached hydrogens (tertiary/aromatic N) is 5. The Kier molecular flexibility index (Phi) is 6.38. The van der Waals surface area contributed by atoms with Crippen LogP contribution in [0.5, 0.6) is 0 Å². The van der Waals surface area contributed by atoms with Gasteiger partial charge in [-0.2, -0.15) is 25.9 Å². The van der Waals surface area contributed by atoms with Crippen molar-refractivity contribution in [2.45, 2.75) is 26.1 Å². The third-order valence-electron chi connectivity index (χ3n) is 5.34. The highest BCUT2D eigenvalue weighted by molar-refractivity contribution is 7.87. The summed E-state index contributed by atoms with van der Waals surface area (Å²) >= 11 is 0. The van der Waals surface area contributed by atoms with Crippen LogP contribution in [0.1, 0.15) is 17.1 Å². The van der Waals surface area contributed by atoms with Gasteiger partial charge in [-0.05, 0) is 24.4 Å². The van der Waals surface area contributed by atoms with E-state index in [1.807, 2.05) is 41.9 Å². The lowest BCUT2D eigenvalue weighted by Gasteiger charge is -2.23. The van der Waals surface area contributed by atoms with E-state index in [0.29, 0.717) is 4.90 Å². The largest absolute Gasteiger partial charge is 0.471 e. The maximum absolute atomic E-state index is 13.3. The maximum Gasteiger partial charge on any atom is 0.471 e. The highest BCUT2D eigenvalue weighted by Crippen LogP contribution is 2.23. The van der Waals surface area contributed by atoms with Gasteiger partial charge < -0.3 is 9.47 Å². The van der Waals surface area contributed by atoms with E-state index in [4.69, 9.17) is 0 Å². The number of para-hydroxylation sites is 1. The molecule has 0 saturated heterocycles. The predicted molar refractivity (Wildman–Crippen MR) is 113 cm³/mol. The molecule has 0 aliphatic heterocycles. The summed E-state index contributed by atoms with van der Waals surface area (Å²) in [4.78, 5) is 16.7. The van der Waals surface area contributed by atoms with Crippen molar-refractivity contribution >= 4 is 27.0 Å². The van der Waals surface area contributed by atoms with Gasteiger partial charge in [0.2, 0.25) is 0 Å². The summed E-state index contributed by atoms with van der Waals surface area (Å²) in [5, 5.41) is 0.946. The number of carbonyl (C=O) groups excluding carboxylic acids is 1. The zero-order valence-corrected chi connectivity index (χ0v) is 18.9. The number of alkyl halides is 3. The van der Waals surface area contributed by atoms with Crippen LogP contribution in [0.3, 0.4) is 0 Å². The van der Waals surface area contributed by atoms with Crippen LogP contribution in [0, 0.1) is 6.92 Å². The summed E-state index contributed by atoms with van der Waals surface area (Å²) in [6.45, 7) is 0.753. The van der Waals surface area contributed by atoms with Gasteiger partial charge in [0.25, 0.3) is 0 Å². The van der Waals surface area contributed by atoms with Gasteiger partial charge in [0, 0.05) is 45.3 Å². The minimum absolute atomic E-state index is 0.0741. The summed E-state index contributed by atoms with van der Waals surface area (Å²) in [5.41, 5.74) is 1.91. The fourth-order valence-electron chi connectivity index (χ4n) is 3.44. The average molecular weight is 472 g/mol. The molecule has 1 amide bonds. The highest BCUT2D eigenvalue weighted by atomic mass is 32.2. The molecular formula is C20H24F3N5O3S. The van der Waals surface area contributed by atoms with Gasteiger partial charge in [-0.15, -0.1) is 0 Å². The van der Waals surface area contributed by atoms with E-state index in [1.165, 1.54) is 21.0 Å². The number of aryl methyl sites for hydroxylation is 1. The molecule has 12 heteroatoms. The van der Waals surface area contributed by atoms with Crippen molar-refractivity contribution in [1.29, 1.82) is 0 Å². The first-order valence-corrected chi connectivity index (χ1v) is 11.1. The highest BCUT2D eigenvalue weighted by Gasteiger charge is 2.42. The number of hydrogen-bond donors (Lipinski definition) is 0. The molecule has 1 aromatic carbocycles. The monoisotopic (exact) mass is 471 g/mol. The molecule has 2 aromatic heterocycles. The second-order valence-electron chi connectivity index (χ2n) is 7.59. The molecule has 0 radical (unpaired) electrons. The Labute approximate surface area is 184 Å². The minimum atomic E-state index is -5.06. The normalized spacial score (nSPS) is 12.6. The van der Waals surface area contributed by atoms with Crippen LogP contribution in [0.15, 0.2) is 36.7 Å². The molecule has 0 saturated carbocycles. The number of benzene rings is 1. The summed E-state index contributed by atoms with van der Waals surface area (Å²) in [6, 6.07) is 9.41. The van der Waals surface area contributed by atoms with Crippen LogP contribution in [0.4, 0.5) is 13.2 Å². The molecule has 0 aliphatic rings. The van der Waals surface area contributed by atoms with Crippen molar-refractivity contribution in [1.82, 2.24) is 22.7 Å². The zero-order valence-electron chi connectivity index (χ0n) is 18.1. The Morgan fingerprint density at radius 1 is 1.19 bits per heavy atom. The van der Waals surface area contributed by atoms with Gasteiger partial charge in [0.05, 0.1) is 17.9 Å². The molecule has 0 fully saturated rings. The Morgan fingerprint density at radius 2 is 1.84 bits per heavy atom. The lowest BCUT2D eigenvalue weighted by Crippen LogP contribution is -2.42. The summed E-state index contributed by atoms with van der Waals surface area (Å²) in [5.74, 6) is -2.00. The van der Waals surface area contributed by atoms with Crippen molar-refractivity contribution < 1.29 is 26.4 Å². The zero-order chi connectivity index (χ0) is 23.8. The number of fused-ring (bicyclic) bond motifs is 1. The Morgan fingerprint density at radius 3 is 2.44 bits per heavy atom. The predicted octanol–water partition coefficient (Wildman–Crippen LogP) is 2.47. The molecule has 0 N–H and O–H groups in total. The van der Waals surface area contributed by atoms with Crippen molar-refractivity contribution in [3.8, 4) is 0 Å². The molecule has 0 atom stereocenters. The van der Waals surface area contributed by atoms with Crippen LogP contribution < -0.4 is 0 Å². The fourth-order valence-corrected chi connectivity index (χ4v) is 4.41. The third-order valence-corrected chi connectivity index (χ3v) is 7.12. The minimum Gasteiger partial charge on any atom is -0.348 e. The number of carbonyl (C=O) groups is 1. The SMILES string of the molecule is Cc1c(CN(CCc2cc3ccccc3n2C)C(=O)C(F)(F)F)ncn1S(=O)(=O)N(C)C. The Hall–Kier alpha value is -2.86. The average Bonchev–Trinajstić information content (AvgIpc) is 3.24. The molecule has 8 nitrogen and oxygen atoms in total. The maximum atomic E-state index is 13.3. The molecule has 2 heterocycles. The molecule has 32 heavy (non-hydrogen) atoms. The fraction of sp³-hybridized carbons (Fsp3) is 0.400. The standard InChI is InChI=1S/C20H24F3N5O3S/c1-14-17(24-13-28(14)32(30,31)25(2)3)12-27(19(29)20(21,22)23)10-9-16-11-15-7-5-6-8-18(15)26(16)4/h5-8,11,13H,9-10,12H2,1-4H3. The number of hydrogen-bond acceptors (Lipinski definition) is 4. The van der Waals surface area contributed by atoms with Gasteiger partial charge >= 0.3 is 22.3 Å². The molecule has 3 aromatic rings. The number of rotatable bonds is 7. The van der Waals surface area contributed by atoms with Gasteiger partial charge in [-0.3, -0.25) is 4.79 Å². The first-order chi connectivity index (χ1) is 14.8. The van der Waals surface area contributed by atoms with Crippen LogP contribution in [0.2, 0.25) is 0 Å². The van der Waals surface area contributed by atoms with E-state index in [1.54, 1.807) is 0 Å². The molecule has 0 spiro atoms. The summed E-state index contributed by atoms with van der Waals surface area (Å²) in [7, 11) is 0.585. The van der Waals surface area contributed by atoms with Crippen molar-refractivity contribution in [3.05, 3.63) is 53.7 Å². The first kappa shape index (κ1) is 23.8. The van der Waals surface area contributed by atoms with Crippen LogP contribution >= 0.6 is 0 Å². The number of aromatic nitrogens is 3. The third kappa shape index (κ3) is 4.51. The van der Waals surface area contributed by atoms with Gasteiger partial charge in [0.1, 0.15) is 6.33 Å². The lowest BCUT2D eigenvalue weighted by atomic mass is 10.2. The molecule has 0 bridgehead atoms. The molecule has 0 aliphatic carbocycles. The van der Waals surface area contributed by atoms with Crippen molar-refractivity contribution in [3.63, 3.8) is 0 Å². The van der Waals surface area contributed by atoms with Crippen LogP contribution in [0.25, 0.3) is 10.9 Å². The summed E-state index contributed by atoms with van der Waals surface area (Å²) in [6.07, 6.45) is -3.85. The van der Waals surface area contributed by atoms with E-state index in [-0.39, 0.29) is 24.4 Å². The lowest BCUT2D eigenvalue weighted by molar-refractivity contribution is -0.186.